The van der Waals surface area contributed by atoms with Gasteiger partial charge in [0.05, 0.1) is 6.20 Å². The Morgan fingerprint density at radius 3 is 3.07 bits per heavy atom. The Morgan fingerprint density at radius 2 is 2.40 bits per heavy atom. The van der Waals surface area contributed by atoms with E-state index in [9.17, 15) is 4.39 Å². The van der Waals surface area contributed by atoms with Crippen molar-refractivity contribution in [2.75, 3.05) is 13.1 Å². The molecule has 1 rings (SSSR count). The highest BCUT2D eigenvalue weighted by Crippen LogP contribution is 2.16. The van der Waals surface area contributed by atoms with Crippen molar-refractivity contribution in [2.45, 2.75) is 20.3 Å². The first-order valence-electron chi connectivity index (χ1n) is 5.23. The number of halogens is 1. The van der Waals surface area contributed by atoms with Gasteiger partial charge in [0.2, 0.25) is 0 Å². The molecule has 0 aliphatic rings. The minimum absolute atomic E-state index is 0.255. The van der Waals surface area contributed by atoms with Crippen LogP contribution in [0.2, 0.25) is 0 Å². The predicted octanol–water partition coefficient (Wildman–Crippen LogP) is 2.62. The van der Waals surface area contributed by atoms with Crippen molar-refractivity contribution in [3.8, 4) is 0 Å². The second-order valence-electron chi connectivity index (χ2n) is 3.38. The number of rotatable bonds is 5. The van der Waals surface area contributed by atoms with Gasteiger partial charge in [-0.1, -0.05) is 13.0 Å². The lowest BCUT2D eigenvalue weighted by atomic mass is 10.1. The molecular formula is C12H17FN2. The van der Waals surface area contributed by atoms with Crippen LogP contribution in [0.4, 0.5) is 4.39 Å². The Hall–Kier alpha value is -1.22. The first-order valence-corrected chi connectivity index (χ1v) is 5.23. The van der Waals surface area contributed by atoms with E-state index >= 15 is 0 Å². The highest BCUT2D eigenvalue weighted by molar-refractivity contribution is 5.63. The molecule has 0 aliphatic carbocycles. The summed E-state index contributed by atoms with van der Waals surface area (Å²) in [5, 5.41) is 3.22. The molecule has 15 heavy (non-hydrogen) atoms. The van der Waals surface area contributed by atoms with Crippen LogP contribution >= 0.6 is 0 Å². The molecule has 0 aromatic carbocycles. The molecule has 0 bridgehead atoms. The van der Waals surface area contributed by atoms with E-state index in [2.05, 4.69) is 17.2 Å². The Balaban J connectivity index is 2.60. The molecule has 1 N–H and O–H groups in total. The van der Waals surface area contributed by atoms with E-state index in [1.165, 1.54) is 6.20 Å². The second kappa shape index (κ2) is 6.30. The molecule has 0 saturated heterocycles. The smallest absolute Gasteiger partial charge is 0.148 e. The first-order chi connectivity index (χ1) is 7.25. The van der Waals surface area contributed by atoms with Crippen LogP contribution in [0.3, 0.4) is 0 Å². The number of hydrogen-bond acceptors (Lipinski definition) is 2. The van der Waals surface area contributed by atoms with Crippen molar-refractivity contribution in [1.29, 1.82) is 0 Å². The van der Waals surface area contributed by atoms with Gasteiger partial charge in [-0.15, -0.1) is 0 Å². The summed E-state index contributed by atoms with van der Waals surface area (Å²) in [5.41, 5.74) is 1.61. The van der Waals surface area contributed by atoms with Crippen molar-refractivity contribution >= 4 is 5.57 Å². The molecule has 1 heterocycles. The van der Waals surface area contributed by atoms with Gasteiger partial charge < -0.3 is 5.32 Å². The summed E-state index contributed by atoms with van der Waals surface area (Å²) >= 11 is 0. The number of nitrogens with one attached hydrogen (secondary N) is 1. The van der Waals surface area contributed by atoms with E-state index < -0.39 is 0 Å². The molecular weight excluding hydrogens is 191 g/mol. The maximum absolute atomic E-state index is 13.3. The molecule has 0 fully saturated rings. The van der Waals surface area contributed by atoms with Crippen LogP contribution in [0.25, 0.3) is 5.57 Å². The zero-order valence-electron chi connectivity index (χ0n) is 9.26. The fraction of sp³-hybridized carbons (Fsp3) is 0.417. The van der Waals surface area contributed by atoms with Crippen LogP contribution in [0.15, 0.2) is 24.5 Å². The summed E-state index contributed by atoms with van der Waals surface area (Å²) in [7, 11) is 0. The van der Waals surface area contributed by atoms with Crippen molar-refractivity contribution in [3.05, 3.63) is 35.9 Å². The Morgan fingerprint density at radius 1 is 1.60 bits per heavy atom. The predicted molar refractivity (Wildman–Crippen MR) is 61.0 cm³/mol. The van der Waals surface area contributed by atoms with Crippen LogP contribution in [-0.2, 0) is 0 Å². The van der Waals surface area contributed by atoms with E-state index in [0.717, 1.165) is 25.1 Å². The maximum atomic E-state index is 13.3. The van der Waals surface area contributed by atoms with Crippen molar-refractivity contribution in [2.24, 2.45) is 0 Å². The molecule has 0 spiro atoms. The summed E-state index contributed by atoms with van der Waals surface area (Å²) in [6, 6.07) is 1.70. The van der Waals surface area contributed by atoms with Gasteiger partial charge in [0.1, 0.15) is 5.82 Å². The molecule has 3 heteroatoms. The standard InChI is InChI=1S/C12H17FN2/c1-3-14-7-4-5-10(2)11-6-8-15-9-12(11)13/h5-6,8-9,14H,3-4,7H2,1-2H3/b10-5-. The highest BCUT2D eigenvalue weighted by atomic mass is 19.1. The second-order valence-corrected chi connectivity index (χ2v) is 3.38. The normalized spacial score (nSPS) is 11.8. The van der Waals surface area contributed by atoms with Gasteiger partial charge in [-0.2, -0.15) is 0 Å². The SMILES string of the molecule is CCNCC/C=C(/C)c1ccncc1F. The van der Waals surface area contributed by atoms with Crippen molar-refractivity contribution in [1.82, 2.24) is 10.3 Å². The summed E-state index contributed by atoms with van der Waals surface area (Å²) in [4.78, 5) is 3.72. The summed E-state index contributed by atoms with van der Waals surface area (Å²) in [5.74, 6) is -0.255. The van der Waals surface area contributed by atoms with E-state index in [-0.39, 0.29) is 5.82 Å². The van der Waals surface area contributed by atoms with Crippen molar-refractivity contribution in [3.63, 3.8) is 0 Å². The summed E-state index contributed by atoms with van der Waals surface area (Å²) in [6.07, 6.45) is 5.82. The van der Waals surface area contributed by atoms with Crippen molar-refractivity contribution < 1.29 is 4.39 Å². The average Bonchev–Trinajstić information content (AvgIpc) is 2.25. The molecule has 0 atom stereocenters. The molecule has 1 aromatic heterocycles. The van der Waals surface area contributed by atoms with E-state index in [1.807, 2.05) is 13.0 Å². The Kier molecular flexibility index (Phi) is 4.98. The zero-order chi connectivity index (χ0) is 11.1. The molecule has 2 nitrogen and oxygen atoms in total. The maximum Gasteiger partial charge on any atom is 0.148 e. The fourth-order valence-corrected chi connectivity index (χ4v) is 1.37. The number of nitrogens with zero attached hydrogens (tertiary/aromatic N) is 1. The first kappa shape index (κ1) is 11.9. The Bertz CT molecular complexity index is 334. The minimum atomic E-state index is -0.255. The molecule has 0 radical (unpaired) electrons. The molecule has 1 aromatic rings. The van der Waals surface area contributed by atoms with Gasteiger partial charge in [-0.3, -0.25) is 4.98 Å². The third-order valence-electron chi connectivity index (χ3n) is 2.22. The lowest BCUT2D eigenvalue weighted by molar-refractivity contribution is 0.617. The third kappa shape index (κ3) is 3.80. The summed E-state index contributed by atoms with van der Waals surface area (Å²) in [6.45, 7) is 5.89. The largest absolute Gasteiger partial charge is 0.317 e. The molecule has 0 aliphatic heterocycles. The van der Waals surface area contributed by atoms with Gasteiger partial charge in [-0.25, -0.2) is 4.39 Å². The van der Waals surface area contributed by atoms with Crippen LogP contribution in [0.1, 0.15) is 25.8 Å². The number of pyridine rings is 1. The average molecular weight is 208 g/mol. The van der Waals surface area contributed by atoms with Gasteiger partial charge >= 0.3 is 0 Å². The lowest BCUT2D eigenvalue weighted by Crippen LogP contribution is -2.13. The van der Waals surface area contributed by atoms with E-state index in [0.29, 0.717) is 5.56 Å². The van der Waals surface area contributed by atoms with Gasteiger partial charge in [-0.05, 0) is 38.1 Å². The van der Waals surface area contributed by atoms with E-state index in [1.54, 1.807) is 12.3 Å². The van der Waals surface area contributed by atoms with Crippen LogP contribution in [-0.4, -0.2) is 18.1 Å². The quantitative estimate of drug-likeness (QED) is 0.752. The van der Waals surface area contributed by atoms with Crippen LogP contribution < -0.4 is 5.32 Å². The van der Waals surface area contributed by atoms with Gasteiger partial charge in [0.15, 0.2) is 0 Å². The molecule has 82 valence electrons. The Labute approximate surface area is 90.2 Å². The van der Waals surface area contributed by atoms with Crippen LogP contribution in [0.5, 0.6) is 0 Å². The lowest BCUT2D eigenvalue weighted by Gasteiger charge is -2.03. The van der Waals surface area contributed by atoms with Gasteiger partial charge in [0.25, 0.3) is 0 Å². The number of aromatic nitrogens is 1. The fourth-order valence-electron chi connectivity index (χ4n) is 1.37. The zero-order valence-corrected chi connectivity index (χ0v) is 9.26. The number of allylic oxidation sites excluding steroid dienone is 1. The third-order valence-corrected chi connectivity index (χ3v) is 2.22. The summed E-state index contributed by atoms with van der Waals surface area (Å²) < 4.78 is 13.3. The molecule has 0 amide bonds. The van der Waals surface area contributed by atoms with Gasteiger partial charge in [0, 0.05) is 11.8 Å². The van der Waals surface area contributed by atoms with Crippen LogP contribution in [0, 0.1) is 5.82 Å². The highest BCUT2D eigenvalue weighted by Gasteiger charge is 2.01. The monoisotopic (exact) mass is 208 g/mol. The number of hydrogen-bond donors (Lipinski definition) is 1. The van der Waals surface area contributed by atoms with E-state index in [4.69, 9.17) is 0 Å². The molecule has 0 saturated carbocycles. The molecule has 0 unspecified atom stereocenters. The topological polar surface area (TPSA) is 24.9 Å². The minimum Gasteiger partial charge on any atom is -0.317 e.